The first kappa shape index (κ1) is 19.9. The SMILES string of the molecule is Cc1ccc(S(=O)C[C@@H]2N[C@H](C(=O)OC(C)C)Cc3c2[nH]c2ccccc32)cc1. The summed E-state index contributed by atoms with van der Waals surface area (Å²) in [6.45, 7) is 5.71. The Balaban J connectivity index is 1.67. The summed E-state index contributed by atoms with van der Waals surface area (Å²) in [6, 6.07) is 15.2. The number of aromatic amines is 1. The summed E-state index contributed by atoms with van der Waals surface area (Å²) < 4.78 is 18.5. The van der Waals surface area contributed by atoms with Crippen molar-refractivity contribution < 1.29 is 13.7 Å². The van der Waals surface area contributed by atoms with Gasteiger partial charge >= 0.3 is 5.97 Å². The monoisotopic (exact) mass is 410 g/mol. The van der Waals surface area contributed by atoms with Crippen molar-refractivity contribution in [3.8, 4) is 0 Å². The Morgan fingerprint density at radius 3 is 2.62 bits per heavy atom. The summed E-state index contributed by atoms with van der Waals surface area (Å²) >= 11 is 0. The van der Waals surface area contributed by atoms with Gasteiger partial charge in [0.2, 0.25) is 0 Å². The fourth-order valence-electron chi connectivity index (χ4n) is 3.86. The van der Waals surface area contributed by atoms with Crippen molar-refractivity contribution in [2.24, 2.45) is 0 Å². The average molecular weight is 411 g/mol. The summed E-state index contributed by atoms with van der Waals surface area (Å²) in [6.07, 6.45) is 0.382. The second kappa shape index (κ2) is 8.13. The van der Waals surface area contributed by atoms with Crippen molar-refractivity contribution in [3.63, 3.8) is 0 Å². The van der Waals surface area contributed by atoms with Crippen LogP contribution in [0.15, 0.2) is 53.4 Å². The van der Waals surface area contributed by atoms with Crippen LogP contribution in [0.4, 0.5) is 0 Å². The molecule has 29 heavy (non-hydrogen) atoms. The zero-order chi connectivity index (χ0) is 20.5. The number of H-pyrrole nitrogens is 1. The van der Waals surface area contributed by atoms with Gasteiger partial charge in [0.05, 0.1) is 22.9 Å². The van der Waals surface area contributed by atoms with E-state index in [1.54, 1.807) is 0 Å². The molecule has 5 nitrogen and oxygen atoms in total. The maximum absolute atomic E-state index is 13.0. The van der Waals surface area contributed by atoms with E-state index in [0.717, 1.165) is 32.6 Å². The first-order valence-corrected chi connectivity index (χ1v) is 11.3. The predicted octanol–water partition coefficient (Wildman–Crippen LogP) is 3.79. The van der Waals surface area contributed by atoms with Crippen molar-refractivity contribution in [3.05, 3.63) is 65.4 Å². The number of hydrogen-bond acceptors (Lipinski definition) is 4. The van der Waals surface area contributed by atoms with E-state index in [0.29, 0.717) is 12.2 Å². The van der Waals surface area contributed by atoms with Crippen LogP contribution >= 0.6 is 0 Å². The van der Waals surface area contributed by atoms with Crippen molar-refractivity contribution in [2.45, 2.75) is 50.3 Å². The van der Waals surface area contributed by atoms with Gasteiger partial charge in [-0.15, -0.1) is 0 Å². The zero-order valence-electron chi connectivity index (χ0n) is 16.9. The van der Waals surface area contributed by atoms with Crippen LogP contribution in [0.1, 0.15) is 36.7 Å². The lowest BCUT2D eigenvalue weighted by Gasteiger charge is -2.30. The number of aryl methyl sites for hydroxylation is 1. The molecule has 0 saturated carbocycles. The second-order valence-electron chi connectivity index (χ2n) is 7.85. The molecule has 0 bridgehead atoms. The van der Waals surface area contributed by atoms with Gasteiger partial charge in [0.15, 0.2) is 0 Å². The zero-order valence-corrected chi connectivity index (χ0v) is 17.7. The Morgan fingerprint density at radius 1 is 1.17 bits per heavy atom. The molecule has 0 amide bonds. The minimum absolute atomic E-state index is 0.172. The number of esters is 1. The molecular weight excluding hydrogens is 384 g/mol. The summed E-state index contributed by atoms with van der Waals surface area (Å²) in [4.78, 5) is 16.9. The fraction of sp³-hybridized carbons (Fsp3) is 0.348. The summed E-state index contributed by atoms with van der Waals surface area (Å²) in [7, 11) is -1.19. The molecular formula is C23H26N2O3S. The average Bonchev–Trinajstić information content (AvgIpc) is 3.07. The number of benzene rings is 2. The summed E-state index contributed by atoms with van der Waals surface area (Å²) in [5, 5.41) is 4.50. The van der Waals surface area contributed by atoms with Gasteiger partial charge in [-0.2, -0.15) is 0 Å². The number of rotatable bonds is 5. The highest BCUT2D eigenvalue weighted by Gasteiger charge is 2.35. The number of fused-ring (bicyclic) bond motifs is 3. The molecule has 0 spiro atoms. The van der Waals surface area contributed by atoms with Crippen LogP contribution in [-0.4, -0.2) is 33.1 Å². The topological polar surface area (TPSA) is 71.2 Å². The molecule has 0 radical (unpaired) electrons. The molecule has 4 rings (SSSR count). The van der Waals surface area contributed by atoms with Crippen LogP contribution < -0.4 is 5.32 Å². The number of carbonyl (C=O) groups is 1. The van der Waals surface area contributed by atoms with E-state index in [1.165, 1.54) is 0 Å². The van der Waals surface area contributed by atoms with Crippen LogP contribution in [0.5, 0.6) is 0 Å². The quantitative estimate of drug-likeness (QED) is 0.628. The van der Waals surface area contributed by atoms with Crippen LogP contribution in [0.3, 0.4) is 0 Å². The molecule has 1 aliphatic rings. The van der Waals surface area contributed by atoms with Crippen LogP contribution in [0, 0.1) is 6.92 Å². The maximum atomic E-state index is 13.0. The summed E-state index contributed by atoms with van der Waals surface area (Å²) in [5.74, 6) is 0.121. The lowest BCUT2D eigenvalue weighted by Crippen LogP contribution is -2.47. The van der Waals surface area contributed by atoms with Crippen molar-refractivity contribution in [1.82, 2.24) is 10.3 Å². The van der Waals surface area contributed by atoms with E-state index in [2.05, 4.69) is 16.4 Å². The molecule has 0 fully saturated rings. The molecule has 2 heterocycles. The van der Waals surface area contributed by atoms with E-state index in [4.69, 9.17) is 4.74 Å². The molecule has 6 heteroatoms. The third-order valence-corrected chi connectivity index (χ3v) is 6.68. The smallest absolute Gasteiger partial charge is 0.323 e. The highest BCUT2D eigenvalue weighted by Crippen LogP contribution is 2.33. The van der Waals surface area contributed by atoms with E-state index < -0.39 is 16.8 Å². The molecule has 0 saturated heterocycles. The molecule has 3 atom stereocenters. The van der Waals surface area contributed by atoms with Gasteiger partial charge in [0.25, 0.3) is 0 Å². The largest absolute Gasteiger partial charge is 0.462 e. The minimum Gasteiger partial charge on any atom is -0.462 e. The summed E-state index contributed by atoms with van der Waals surface area (Å²) in [5.41, 5.74) is 4.29. The Bertz CT molecular complexity index is 1060. The molecule has 1 aliphatic heterocycles. The molecule has 152 valence electrons. The van der Waals surface area contributed by atoms with Gasteiger partial charge in [-0.1, -0.05) is 35.9 Å². The highest BCUT2D eigenvalue weighted by molar-refractivity contribution is 7.85. The Morgan fingerprint density at radius 2 is 1.90 bits per heavy atom. The molecule has 1 aromatic heterocycles. The number of para-hydroxylation sites is 1. The molecule has 2 N–H and O–H groups in total. The van der Waals surface area contributed by atoms with Gasteiger partial charge in [-0.05, 0) is 44.5 Å². The highest BCUT2D eigenvalue weighted by atomic mass is 32.2. The van der Waals surface area contributed by atoms with Gasteiger partial charge < -0.3 is 9.72 Å². The first-order chi connectivity index (χ1) is 13.9. The Labute approximate surface area is 173 Å². The van der Waals surface area contributed by atoms with Crippen LogP contribution in [0.25, 0.3) is 10.9 Å². The van der Waals surface area contributed by atoms with Crippen molar-refractivity contribution in [2.75, 3.05) is 5.75 Å². The van der Waals surface area contributed by atoms with Crippen LogP contribution in [-0.2, 0) is 26.8 Å². The third-order valence-electron chi connectivity index (χ3n) is 5.24. The van der Waals surface area contributed by atoms with E-state index >= 15 is 0 Å². The normalized spacial score (nSPS) is 19.9. The number of hydrogen-bond donors (Lipinski definition) is 2. The van der Waals surface area contributed by atoms with Crippen molar-refractivity contribution in [1.29, 1.82) is 0 Å². The number of nitrogens with one attached hydrogen (secondary N) is 2. The Kier molecular flexibility index (Phi) is 5.56. The standard InChI is InChI=1S/C23H26N2O3S/c1-14(2)28-23(26)20-12-18-17-6-4-5-7-19(17)25-22(18)21(24-20)13-29(27)16-10-8-15(3)9-11-16/h4-11,14,20-21,24-25H,12-13H2,1-3H3/t20-,21-,29?/m0/s1. The molecule has 0 aliphatic carbocycles. The third kappa shape index (κ3) is 4.14. The van der Waals surface area contributed by atoms with E-state index in [9.17, 15) is 9.00 Å². The first-order valence-electron chi connectivity index (χ1n) is 9.93. The van der Waals surface area contributed by atoms with Gasteiger partial charge in [-0.25, -0.2) is 0 Å². The maximum Gasteiger partial charge on any atom is 0.323 e. The molecule has 2 aromatic carbocycles. The number of aromatic nitrogens is 1. The Hall–Kier alpha value is -2.44. The molecule has 3 aromatic rings. The fourth-order valence-corrected chi connectivity index (χ4v) is 5.06. The lowest BCUT2D eigenvalue weighted by molar-refractivity contribution is -0.150. The van der Waals surface area contributed by atoms with Gasteiger partial charge in [0, 0.05) is 33.7 Å². The van der Waals surface area contributed by atoms with Crippen molar-refractivity contribution >= 4 is 27.7 Å². The van der Waals surface area contributed by atoms with Gasteiger partial charge in [-0.3, -0.25) is 14.3 Å². The van der Waals surface area contributed by atoms with E-state index in [-0.39, 0.29) is 18.1 Å². The number of carbonyl (C=O) groups excluding carboxylic acids is 1. The second-order valence-corrected chi connectivity index (χ2v) is 9.35. The van der Waals surface area contributed by atoms with Crippen LogP contribution in [0.2, 0.25) is 0 Å². The predicted molar refractivity (Wildman–Crippen MR) is 115 cm³/mol. The lowest BCUT2D eigenvalue weighted by atomic mass is 9.94. The molecule has 1 unspecified atom stereocenters. The minimum atomic E-state index is -1.19. The van der Waals surface area contributed by atoms with Gasteiger partial charge in [0.1, 0.15) is 6.04 Å². The van der Waals surface area contributed by atoms with E-state index in [1.807, 2.05) is 63.2 Å². The number of ether oxygens (including phenoxy) is 1.